The Morgan fingerprint density at radius 1 is 1.47 bits per heavy atom. The van der Waals surface area contributed by atoms with Crippen molar-refractivity contribution in [1.82, 2.24) is 5.32 Å². The predicted molar refractivity (Wildman–Crippen MR) is 68.6 cm³/mol. The van der Waals surface area contributed by atoms with Crippen molar-refractivity contribution in [1.29, 1.82) is 0 Å². The van der Waals surface area contributed by atoms with Crippen LogP contribution in [0.2, 0.25) is 0 Å². The van der Waals surface area contributed by atoms with Crippen molar-refractivity contribution in [3.05, 3.63) is 21.9 Å². The molecular formula is C12H22N2S. The van der Waals surface area contributed by atoms with E-state index in [0.29, 0.717) is 0 Å². The van der Waals surface area contributed by atoms with Crippen LogP contribution in [0.4, 0.5) is 0 Å². The molecule has 0 aliphatic heterocycles. The molecule has 1 aromatic heterocycles. The van der Waals surface area contributed by atoms with Crippen molar-refractivity contribution in [2.75, 3.05) is 19.6 Å². The molecule has 0 aromatic carbocycles. The van der Waals surface area contributed by atoms with Crippen LogP contribution in [0.1, 0.15) is 30.7 Å². The molecule has 1 heterocycles. The molecule has 86 valence electrons. The molecule has 3 N–H and O–H groups in total. The van der Waals surface area contributed by atoms with Crippen LogP contribution in [0.5, 0.6) is 0 Å². The van der Waals surface area contributed by atoms with Crippen molar-refractivity contribution in [2.24, 2.45) is 5.73 Å². The fraction of sp³-hybridized carbons (Fsp3) is 0.667. The van der Waals surface area contributed by atoms with Crippen molar-refractivity contribution >= 4 is 11.3 Å². The van der Waals surface area contributed by atoms with E-state index in [-0.39, 0.29) is 5.41 Å². The van der Waals surface area contributed by atoms with E-state index in [4.69, 9.17) is 5.73 Å². The molecular weight excluding hydrogens is 204 g/mol. The fourth-order valence-electron chi connectivity index (χ4n) is 1.77. The fourth-order valence-corrected chi connectivity index (χ4v) is 2.83. The Kier molecular flexibility index (Phi) is 4.77. The average Bonchev–Trinajstić information content (AvgIpc) is 2.60. The summed E-state index contributed by atoms with van der Waals surface area (Å²) in [5.41, 5.74) is 7.10. The SMILES string of the molecule is Cc1ccsc1C(C)(C)CNCCCN. The molecule has 0 radical (unpaired) electrons. The van der Waals surface area contributed by atoms with Gasteiger partial charge in [-0.05, 0) is 43.4 Å². The molecule has 0 spiro atoms. The van der Waals surface area contributed by atoms with Gasteiger partial charge in [0.15, 0.2) is 0 Å². The van der Waals surface area contributed by atoms with Gasteiger partial charge in [-0.25, -0.2) is 0 Å². The van der Waals surface area contributed by atoms with E-state index in [0.717, 1.165) is 26.1 Å². The topological polar surface area (TPSA) is 38.0 Å². The summed E-state index contributed by atoms with van der Waals surface area (Å²) in [6.45, 7) is 9.58. The first-order valence-corrected chi connectivity index (χ1v) is 6.41. The second kappa shape index (κ2) is 5.64. The Balaban J connectivity index is 2.48. The summed E-state index contributed by atoms with van der Waals surface area (Å²) in [6.07, 6.45) is 1.06. The normalized spacial score (nSPS) is 12.0. The number of nitrogens with one attached hydrogen (secondary N) is 1. The summed E-state index contributed by atoms with van der Waals surface area (Å²) in [4.78, 5) is 1.49. The van der Waals surface area contributed by atoms with E-state index in [1.54, 1.807) is 0 Å². The molecule has 0 unspecified atom stereocenters. The van der Waals surface area contributed by atoms with E-state index in [1.165, 1.54) is 10.4 Å². The Bertz CT molecular complexity index is 292. The maximum absolute atomic E-state index is 5.46. The van der Waals surface area contributed by atoms with Gasteiger partial charge in [-0.1, -0.05) is 13.8 Å². The van der Waals surface area contributed by atoms with E-state index in [2.05, 4.69) is 37.5 Å². The van der Waals surface area contributed by atoms with Crippen LogP contribution in [0.15, 0.2) is 11.4 Å². The smallest absolute Gasteiger partial charge is 0.0143 e. The third-order valence-corrected chi connectivity index (χ3v) is 3.98. The van der Waals surface area contributed by atoms with Crippen LogP contribution in [-0.4, -0.2) is 19.6 Å². The summed E-state index contributed by atoms with van der Waals surface area (Å²) >= 11 is 1.86. The van der Waals surface area contributed by atoms with E-state index in [9.17, 15) is 0 Å². The highest BCUT2D eigenvalue weighted by Gasteiger charge is 2.22. The Hall–Kier alpha value is -0.380. The van der Waals surface area contributed by atoms with Crippen LogP contribution < -0.4 is 11.1 Å². The van der Waals surface area contributed by atoms with Gasteiger partial charge in [-0.2, -0.15) is 0 Å². The van der Waals surface area contributed by atoms with Crippen molar-refractivity contribution < 1.29 is 0 Å². The summed E-state index contributed by atoms with van der Waals surface area (Å²) in [5, 5.41) is 5.64. The molecule has 0 aliphatic carbocycles. The molecule has 1 aromatic rings. The number of hydrogen-bond donors (Lipinski definition) is 2. The second-order valence-corrected chi connectivity index (χ2v) is 5.55. The molecule has 0 fully saturated rings. The van der Waals surface area contributed by atoms with Gasteiger partial charge in [0.05, 0.1) is 0 Å². The van der Waals surface area contributed by atoms with E-state index < -0.39 is 0 Å². The number of nitrogens with two attached hydrogens (primary N) is 1. The van der Waals surface area contributed by atoms with Gasteiger partial charge >= 0.3 is 0 Å². The van der Waals surface area contributed by atoms with Gasteiger partial charge < -0.3 is 11.1 Å². The minimum Gasteiger partial charge on any atom is -0.330 e. The van der Waals surface area contributed by atoms with E-state index in [1.807, 2.05) is 11.3 Å². The number of aryl methyl sites for hydroxylation is 1. The third kappa shape index (κ3) is 3.59. The van der Waals surface area contributed by atoms with E-state index >= 15 is 0 Å². The van der Waals surface area contributed by atoms with Gasteiger partial charge in [-0.3, -0.25) is 0 Å². The molecule has 0 atom stereocenters. The molecule has 1 rings (SSSR count). The predicted octanol–water partition coefficient (Wildman–Crippen LogP) is 2.27. The maximum Gasteiger partial charge on any atom is 0.0143 e. The lowest BCUT2D eigenvalue weighted by Gasteiger charge is -2.25. The lowest BCUT2D eigenvalue weighted by molar-refractivity contribution is 0.473. The Morgan fingerprint density at radius 3 is 2.73 bits per heavy atom. The zero-order valence-corrected chi connectivity index (χ0v) is 10.8. The van der Waals surface area contributed by atoms with Gasteiger partial charge in [0.2, 0.25) is 0 Å². The summed E-state index contributed by atoms with van der Waals surface area (Å²) in [5.74, 6) is 0. The molecule has 15 heavy (non-hydrogen) atoms. The summed E-state index contributed by atoms with van der Waals surface area (Å²) in [6, 6.07) is 2.20. The molecule has 0 amide bonds. The minimum atomic E-state index is 0.229. The van der Waals surface area contributed by atoms with Crippen LogP contribution in [0.25, 0.3) is 0 Å². The number of hydrogen-bond acceptors (Lipinski definition) is 3. The molecule has 0 saturated carbocycles. The first kappa shape index (κ1) is 12.7. The number of thiophene rings is 1. The molecule has 0 saturated heterocycles. The second-order valence-electron chi connectivity index (χ2n) is 4.64. The van der Waals surface area contributed by atoms with Crippen molar-refractivity contribution in [2.45, 2.75) is 32.6 Å². The quantitative estimate of drug-likeness (QED) is 0.730. The molecule has 3 heteroatoms. The number of rotatable bonds is 6. The van der Waals surface area contributed by atoms with Crippen molar-refractivity contribution in [3.63, 3.8) is 0 Å². The molecule has 0 bridgehead atoms. The van der Waals surface area contributed by atoms with Crippen LogP contribution >= 0.6 is 11.3 Å². The van der Waals surface area contributed by atoms with Gasteiger partial charge in [0, 0.05) is 16.8 Å². The highest BCUT2D eigenvalue weighted by Crippen LogP contribution is 2.30. The lowest BCUT2D eigenvalue weighted by atomic mass is 9.89. The third-order valence-electron chi connectivity index (χ3n) is 2.60. The largest absolute Gasteiger partial charge is 0.330 e. The van der Waals surface area contributed by atoms with Crippen LogP contribution in [-0.2, 0) is 5.41 Å². The van der Waals surface area contributed by atoms with Gasteiger partial charge in [-0.15, -0.1) is 11.3 Å². The maximum atomic E-state index is 5.46. The van der Waals surface area contributed by atoms with Crippen molar-refractivity contribution in [3.8, 4) is 0 Å². The highest BCUT2D eigenvalue weighted by atomic mass is 32.1. The highest BCUT2D eigenvalue weighted by molar-refractivity contribution is 7.10. The monoisotopic (exact) mass is 226 g/mol. The molecule has 0 aliphatic rings. The summed E-state index contributed by atoms with van der Waals surface area (Å²) < 4.78 is 0. The van der Waals surface area contributed by atoms with Crippen LogP contribution in [0, 0.1) is 6.92 Å². The average molecular weight is 226 g/mol. The summed E-state index contributed by atoms with van der Waals surface area (Å²) in [7, 11) is 0. The zero-order valence-electron chi connectivity index (χ0n) is 9.97. The molecule has 2 nitrogen and oxygen atoms in total. The van der Waals surface area contributed by atoms with Crippen LogP contribution in [0.3, 0.4) is 0 Å². The minimum absolute atomic E-state index is 0.229. The standard InChI is InChI=1S/C12H22N2S/c1-10-5-8-15-11(10)12(2,3)9-14-7-4-6-13/h5,8,14H,4,6-7,9,13H2,1-3H3. The lowest BCUT2D eigenvalue weighted by Crippen LogP contribution is -2.33. The zero-order chi connectivity index (χ0) is 11.3. The van der Waals surface area contributed by atoms with Gasteiger partial charge in [0.1, 0.15) is 0 Å². The Morgan fingerprint density at radius 2 is 2.20 bits per heavy atom. The Labute approximate surface area is 96.9 Å². The van der Waals surface area contributed by atoms with Gasteiger partial charge in [0.25, 0.3) is 0 Å². The first-order chi connectivity index (χ1) is 7.08. The first-order valence-electron chi connectivity index (χ1n) is 5.53.